The molecule has 1 heterocycles. The monoisotopic (exact) mass is 500 g/mol. The SMILES string of the molecule is CN1c2ccccc2C(=C(O[Si](CC(C)(C)C)CC(C)(C)C)Sc2ccccc2)c2ccccc21. The molecule has 4 rings (SSSR count). The van der Waals surface area contributed by atoms with Crippen LogP contribution in [0.25, 0.3) is 5.57 Å². The molecule has 0 atom stereocenters. The van der Waals surface area contributed by atoms with Gasteiger partial charge in [-0.3, -0.25) is 0 Å². The van der Waals surface area contributed by atoms with E-state index in [0.29, 0.717) is 0 Å². The van der Waals surface area contributed by atoms with Crippen LogP contribution in [0.1, 0.15) is 52.7 Å². The minimum atomic E-state index is -1.13. The Labute approximate surface area is 218 Å². The Bertz CT molecular complexity index is 1120. The molecule has 0 amide bonds. The summed E-state index contributed by atoms with van der Waals surface area (Å²) >= 11 is 1.77. The highest BCUT2D eigenvalue weighted by Crippen LogP contribution is 2.49. The lowest BCUT2D eigenvalue weighted by Crippen LogP contribution is -2.29. The lowest BCUT2D eigenvalue weighted by Gasteiger charge is -2.34. The quantitative estimate of drug-likeness (QED) is 0.190. The maximum Gasteiger partial charge on any atom is 0.282 e. The summed E-state index contributed by atoms with van der Waals surface area (Å²) in [6.45, 7) is 14.0. The minimum Gasteiger partial charge on any atom is -0.537 e. The van der Waals surface area contributed by atoms with Gasteiger partial charge in [-0.15, -0.1) is 0 Å². The standard InChI is InChI=1S/C31H38NOSSi/c1-30(2,3)21-35(22-31(4,5)6)33-29(34-23-15-9-8-10-16-23)28-24-17-11-13-19-26(24)32(7)27-20-14-12-18-25(27)28/h8-20H,21-22H2,1-7H3. The number of hydrogen-bond acceptors (Lipinski definition) is 3. The number of rotatable bonds is 6. The Hall–Kier alpha value is -2.43. The molecule has 1 radical (unpaired) electrons. The van der Waals surface area contributed by atoms with Crippen LogP contribution in [0, 0.1) is 10.8 Å². The van der Waals surface area contributed by atoms with Gasteiger partial charge in [0, 0.05) is 40.0 Å². The first-order valence-corrected chi connectivity index (χ1v) is 15.1. The number of hydrogen-bond donors (Lipinski definition) is 0. The highest BCUT2D eigenvalue weighted by atomic mass is 32.2. The average molecular weight is 501 g/mol. The fourth-order valence-electron chi connectivity index (χ4n) is 4.62. The minimum absolute atomic E-state index is 0.218. The Morgan fingerprint density at radius 2 is 1.17 bits per heavy atom. The van der Waals surface area contributed by atoms with Gasteiger partial charge < -0.3 is 9.33 Å². The molecule has 183 valence electrons. The number of fused-ring (bicyclic) bond motifs is 2. The zero-order valence-corrected chi connectivity index (χ0v) is 24.0. The molecule has 3 aromatic carbocycles. The second kappa shape index (κ2) is 10.3. The van der Waals surface area contributed by atoms with Crippen molar-refractivity contribution < 1.29 is 4.43 Å². The van der Waals surface area contributed by atoms with Crippen molar-refractivity contribution in [3.8, 4) is 0 Å². The molecule has 4 heteroatoms. The molecular formula is C31H38NOSSi. The van der Waals surface area contributed by atoms with Gasteiger partial charge in [-0.05, 0) is 47.2 Å². The van der Waals surface area contributed by atoms with E-state index in [-0.39, 0.29) is 10.8 Å². The summed E-state index contributed by atoms with van der Waals surface area (Å²) in [7, 11) is 1.03. The Balaban J connectivity index is 1.91. The van der Waals surface area contributed by atoms with Gasteiger partial charge in [0.25, 0.3) is 9.04 Å². The Morgan fingerprint density at radius 1 is 0.714 bits per heavy atom. The summed E-state index contributed by atoms with van der Waals surface area (Å²) in [4.78, 5) is 3.51. The summed E-state index contributed by atoms with van der Waals surface area (Å²) < 4.78 is 7.22. The van der Waals surface area contributed by atoms with Crippen molar-refractivity contribution in [3.05, 3.63) is 95.1 Å². The smallest absolute Gasteiger partial charge is 0.282 e. The molecular weight excluding hydrogens is 463 g/mol. The molecule has 0 saturated heterocycles. The normalized spacial score (nSPS) is 13.5. The molecule has 35 heavy (non-hydrogen) atoms. The Kier molecular flexibility index (Phi) is 7.53. The molecule has 0 saturated carbocycles. The van der Waals surface area contributed by atoms with Gasteiger partial charge in [-0.2, -0.15) is 0 Å². The molecule has 0 unspecified atom stereocenters. The summed E-state index contributed by atoms with van der Waals surface area (Å²) in [6.07, 6.45) is 0. The summed E-state index contributed by atoms with van der Waals surface area (Å²) in [5, 5.41) is 1.03. The summed E-state index contributed by atoms with van der Waals surface area (Å²) in [5.74, 6) is 0. The predicted octanol–water partition coefficient (Wildman–Crippen LogP) is 9.38. The van der Waals surface area contributed by atoms with Crippen LogP contribution in [0.15, 0.2) is 88.8 Å². The van der Waals surface area contributed by atoms with Gasteiger partial charge in [0.2, 0.25) is 0 Å². The van der Waals surface area contributed by atoms with Crippen molar-refractivity contribution in [2.75, 3.05) is 11.9 Å². The average Bonchev–Trinajstić information content (AvgIpc) is 2.78. The van der Waals surface area contributed by atoms with Crippen molar-refractivity contribution in [1.82, 2.24) is 0 Å². The zero-order chi connectivity index (χ0) is 25.2. The molecule has 0 bridgehead atoms. The van der Waals surface area contributed by atoms with E-state index in [1.165, 1.54) is 33.0 Å². The van der Waals surface area contributed by atoms with Crippen LogP contribution in [0.5, 0.6) is 0 Å². The van der Waals surface area contributed by atoms with Gasteiger partial charge in [0.1, 0.15) is 0 Å². The van der Waals surface area contributed by atoms with Crippen molar-refractivity contribution in [1.29, 1.82) is 0 Å². The number of benzene rings is 3. The molecule has 0 N–H and O–H groups in total. The molecule has 2 nitrogen and oxygen atoms in total. The van der Waals surface area contributed by atoms with Crippen molar-refractivity contribution in [3.63, 3.8) is 0 Å². The maximum atomic E-state index is 7.22. The van der Waals surface area contributed by atoms with Gasteiger partial charge in [0.15, 0.2) is 5.09 Å². The topological polar surface area (TPSA) is 12.5 Å². The van der Waals surface area contributed by atoms with Crippen molar-refractivity contribution >= 4 is 37.8 Å². The number of para-hydroxylation sites is 2. The van der Waals surface area contributed by atoms with E-state index in [1.54, 1.807) is 11.8 Å². The van der Waals surface area contributed by atoms with Crippen LogP contribution >= 0.6 is 11.8 Å². The molecule has 1 aliphatic rings. The lowest BCUT2D eigenvalue weighted by atomic mass is 9.91. The third-order valence-electron chi connectivity index (χ3n) is 5.92. The molecule has 0 fully saturated rings. The van der Waals surface area contributed by atoms with E-state index < -0.39 is 9.04 Å². The maximum absolute atomic E-state index is 7.22. The second-order valence-corrected chi connectivity index (χ2v) is 14.8. The number of thioether (sulfide) groups is 1. The first-order chi connectivity index (χ1) is 16.5. The molecule has 0 spiro atoms. The van der Waals surface area contributed by atoms with E-state index in [1.807, 2.05) is 0 Å². The number of anilines is 2. The molecule has 3 aromatic rings. The summed E-state index contributed by atoms with van der Waals surface area (Å²) in [6, 6.07) is 30.3. The number of nitrogens with zero attached hydrogens (tertiary/aromatic N) is 1. The van der Waals surface area contributed by atoms with Crippen LogP contribution in [0.4, 0.5) is 11.4 Å². The molecule has 1 aliphatic heterocycles. The molecule has 0 aliphatic carbocycles. The first-order valence-electron chi connectivity index (χ1n) is 12.4. The largest absolute Gasteiger partial charge is 0.537 e. The van der Waals surface area contributed by atoms with E-state index in [4.69, 9.17) is 4.43 Å². The Morgan fingerprint density at radius 3 is 1.66 bits per heavy atom. The van der Waals surface area contributed by atoms with Crippen molar-refractivity contribution in [2.45, 2.75) is 58.5 Å². The van der Waals surface area contributed by atoms with Crippen molar-refractivity contribution in [2.24, 2.45) is 10.8 Å². The third-order valence-corrected chi connectivity index (χ3v) is 10.5. The van der Waals surface area contributed by atoms with Crippen LogP contribution < -0.4 is 4.90 Å². The van der Waals surface area contributed by atoms with Crippen LogP contribution in [-0.2, 0) is 4.43 Å². The molecule has 0 aromatic heterocycles. The fourth-order valence-corrected chi connectivity index (χ4v) is 8.97. The van der Waals surface area contributed by atoms with E-state index in [0.717, 1.165) is 17.2 Å². The predicted molar refractivity (Wildman–Crippen MR) is 155 cm³/mol. The van der Waals surface area contributed by atoms with Crippen LogP contribution in [-0.4, -0.2) is 16.1 Å². The lowest BCUT2D eigenvalue weighted by molar-refractivity contribution is 0.377. The highest BCUT2D eigenvalue weighted by Gasteiger charge is 2.33. The zero-order valence-electron chi connectivity index (χ0n) is 22.2. The van der Waals surface area contributed by atoms with E-state index >= 15 is 0 Å². The second-order valence-electron chi connectivity index (χ2n) is 11.8. The highest BCUT2D eigenvalue weighted by molar-refractivity contribution is 8.03. The first kappa shape index (κ1) is 25.7. The van der Waals surface area contributed by atoms with Gasteiger partial charge in [-0.1, -0.05) is 108 Å². The van der Waals surface area contributed by atoms with Crippen LogP contribution in [0.2, 0.25) is 12.1 Å². The van der Waals surface area contributed by atoms with Crippen LogP contribution in [0.3, 0.4) is 0 Å². The van der Waals surface area contributed by atoms with Gasteiger partial charge in [0.05, 0.1) is 0 Å². The van der Waals surface area contributed by atoms with Gasteiger partial charge in [-0.25, -0.2) is 0 Å². The summed E-state index contributed by atoms with van der Waals surface area (Å²) in [5.41, 5.74) is 6.56. The van der Waals surface area contributed by atoms with Gasteiger partial charge >= 0.3 is 0 Å². The van der Waals surface area contributed by atoms with E-state index in [9.17, 15) is 0 Å². The fraction of sp³-hybridized carbons (Fsp3) is 0.355. The third kappa shape index (κ3) is 6.42. The van der Waals surface area contributed by atoms with E-state index in [2.05, 4.69) is 132 Å².